The SMILES string of the molecule is O=C(ON1C(=O)CCC1=O)c1cc(C(=O)ON2C(=O)CCC2=O)cc(-c2nnc(CP(=O)(O)O)nn2)c1. The Bertz CT molecular complexity index is 1290. The van der Waals surface area contributed by atoms with Gasteiger partial charge < -0.3 is 19.5 Å². The van der Waals surface area contributed by atoms with Gasteiger partial charge in [0.1, 0.15) is 6.16 Å². The summed E-state index contributed by atoms with van der Waals surface area (Å²) in [4.78, 5) is 100. The first kappa shape index (κ1) is 25.6. The molecule has 18 heteroatoms. The van der Waals surface area contributed by atoms with Gasteiger partial charge in [-0.1, -0.05) is 0 Å². The summed E-state index contributed by atoms with van der Waals surface area (Å²) in [5.41, 5.74) is -0.875. The summed E-state index contributed by atoms with van der Waals surface area (Å²) < 4.78 is 11.1. The van der Waals surface area contributed by atoms with Crippen LogP contribution in [0.2, 0.25) is 0 Å². The summed E-state index contributed by atoms with van der Waals surface area (Å²) >= 11 is 0. The number of carbonyl (C=O) groups excluding carboxylic acids is 6. The Hall–Kier alpha value is -4.47. The minimum atomic E-state index is -4.51. The van der Waals surface area contributed by atoms with E-state index < -0.39 is 49.3 Å². The summed E-state index contributed by atoms with van der Waals surface area (Å²) in [6, 6.07) is 3.14. The highest BCUT2D eigenvalue weighted by Crippen LogP contribution is 2.37. The number of amides is 4. The summed E-state index contributed by atoms with van der Waals surface area (Å²) in [6.07, 6.45) is -1.48. The third-order valence-corrected chi connectivity index (χ3v) is 5.59. The second kappa shape index (κ2) is 9.88. The third-order valence-electron chi connectivity index (χ3n) is 4.89. The van der Waals surface area contributed by atoms with Crippen LogP contribution in [0.25, 0.3) is 11.4 Å². The molecule has 17 nitrogen and oxygen atoms in total. The molecule has 192 valence electrons. The molecular weight excluding hydrogens is 519 g/mol. The normalized spacial score (nSPS) is 15.9. The van der Waals surface area contributed by atoms with Gasteiger partial charge in [0.15, 0.2) is 5.82 Å². The molecule has 0 bridgehead atoms. The van der Waals surface area contributed by atoms with Crippen LogP contribution in [0.15, 0.2) is 18.2 Å². The lowest BCUT2D eigenvalue weighted by molar-refractivity contribution is -0.173. The van der Waals surface area contributed by atoms with Crippen LogP contribution in [0.5, 0.6) is 0 Å². The molecule has 2 saturated heterocycles. The van der Waals surface area contributed by atoms with E-state index in [-0.39, 0.29) is 64.1 Å². The molecule has 37 heavy (non-hydrogen) atoms. The quantitative estimate of drug-likeness (QED) is 0.322. The molecule has 1 aromatic carbocycles. The van der Waals surface area contributed by atoms with Gasteiger partial charge in [0.2, 0.25) is 5.82 Å². The summed E-state index contributed by atoms with van der Waals surface area (Å²) in [5, 5.41) is 15.0. The van der Waals surface area contributed by atoms with E-state index in [1.807, 2.05) is 0 Å². The minimum absolute atomic E-state index is 0.0951. The lowest BCUT2D eigenvalue weighted by Gasteiger charge is -2.15. The van der Waals surface area contributed by atoms with Crippen molar-refractivity contribution in [2.75, 3.05) is 0 Å². The molecule has 4 rings (SSSR count). The van der Waals surface area contributed by atoms with E-state index >= 15 is 0 Å². The van der Waals surface area contributed by atoms with E-state index in [1.165, 1.54) is 0 Å². The van der Waals surface area contributed by atoms with E-state index in [9.17, 15) is 33.3 Å². The predicted molar refractivity (Wildman–Crippen MR) is 112 cm³/mol. The molecule has 2 N–H and O–H groups in total. The molecule has 0 saturated carbocycles. The van der Waals surface area contributed by atoms with Crippen molar-refractivity contribution in [2.24, 2.45) is 0 Å². The van der Waals surface area contributed by atoms with Gasteiger partial charge in [-0.05, 0) is 18.2 Å². The zero-order chi connectivity index (χ0) is 26.9. The maximum Gasteiger partial charge on any atom is 0.363 e. The highest BCUT2D eigenvalue weighted by Gasteiger charge is 2.35. The average molecular weight is 534 g/mol. The van der Waals surface area contributed by atoms with Crippen molar-refractivity contribution in [3.8, 4) is 11.4 Å². The molecule has 0 aliphatic carbocycles. The van der Waals surface area contributed by atoms with Crippen LogP contribution < -0.4 is 0 Å². The van der Waals surface area contributed by atoms with Gasteiger partial charge in [0.25, 0.3) is 23.6 Å². The van der Waals surface area contributed by atoms with Crippen LogP contribution in [-0.2, 0) is 39.6 Å². The van der Waals surface area contributed by atoms with Crippen LogP contribution in [-0.4, -0.2) is 75.9 Å². The molecule has 0 atom stereocenters. The van der Waals surface area contributed by atoms with Crippen molar-refractivity contribution in [3.05, 3.63) is 35.2 Å². The van der Waals surface area contributed by atoms with Crippen molar-refractivity contribution in [1.82, 2.24) is 30.5 Å². The molecule has 0 spiro atoms. The summed E-state index contributed by atoms with van der Waals surface area (Å²) in [5.74, 6) is -6.16. The van der Waals surface area contributed by atoms with E-state index in [1.54, 1.807) is 0 Å². The van der Waals surface area contributed by atoms with Gasteiger partial charge in [-0.15, -0.1) is 30.5 Å². The molecule has 1 aromatic heterocycles. The van der Waals surface area contributed by atoms with E-state index in [0.29, 0.717) is 0 Å². The van der Waals surface area contributed by atoms with E-state index in [2.05, 4.69) is 20.4 Å². The molecule has 2 aliphatic heterocycles. The van der Waals surface area contributed by atoms with E-state index in [0.717, 1.165) is 18.2 Å². The first-order valence-electron chi connectivity index (χ1n) is 10.3. The van der Waals surface area contributed by atoms with Gasteiger partial charge >= 0.3 is 19.5 Å². The fourth-order valence-corrected chi connectivity index (χ4v) is 3.69. The summed E-state index contributed by atoms with van der Waals surface area (Å²) in [7, 11) is -4.51. The number of aromatic nitrogens is 4. The fourth-order valence-electron chi connectivity index (χ4n) is 3.19. The van der Waals surface area contributed by atoms with Crippen molar-refractivity contribution in [3.63, 3.8) is 0 Å². The van der Waals surface area contributed by atoms with Gasteiger partial charge in [-0.3, -0.25) is 23.7 Å². The minimum Gasteiger partial charge on any atom is -0.325 e. The van der Waals surface area contributed by atoms with Crippen molar-refractivity contribution >= 4 is 43.2 Å². The van der Waals surface area contributed by atoms with Gasteiger partial charge in [0.05, 0.1) is 11.1 Å². The molecule has 0 unspecified atom stereocenters. The molecule has 0 radical (unpaired) electrons. The van der Waals surface area contributed by atoms with Gasteiger partial charge in [-0.2, -0.15) is 0 Å². The second-order valence-electron chi connectivity index (χ2n) is 7.68. The Balaban J connectivity index is 1.67. The third kappa shape index (κ3) is 5.85. The van der Waals surface area contributed by atoms with Crippen molar-refractivity contribution in [2.45, 2.75) is 31.8 Å². The molecule has 2 fully saturated rings. The number of benzene rings is 1. The fraction of sp³-hybridized carbons (Fsp3) is 0.263. The maximum absolute atomic E-state index is 12.7. The second-order valence-corrected chi connectivity index (χ2v) is 9.33. The predicted octanol–water partition coefficient (Wildman–Crippen LogP) is -0.947. The first-order valence-corrected chi connectivity index (χ1v) is 12.1. The number of nitrogens with zero attached hydrogens (tertiary/aromatic N) is 6. The maximum atomic E-state index is 12.7. The molecular formula is C19H15N6O11P. The van der Waals surface area contributed by atoms with Crippen molar-refractivity contribution in [1.29, 1.82) is 0 Å². The van der Waals surface area contributed by atoms with Crippen LogP contribution in [0.4, 0.5) is 0 Å². The lowest BCUT2D eigenvalue weighted by Crippen LogP contribution is -2.33. The molecule has 3 heterocycles. The number of hydroxylamine groups is 4. The number of imide groups is 2. The Morgan fingerprint density at radius 3 is 1.54 bits per heavy atom. The number of carbonyl (C=O) groups is 6. The van der Waals surface area contributed by atoms with Crippen LogP contribution in [0.3, 0.4) is 0 Å². The van der Waals surface area contributed by atoms with E-state index in [4.69, 9.17) is 19.5 Å². The number of rotatable bonds is 7. The van der Waals surface area contributed by atoms with Crippen molar-refractivity contribution < 1.29 is 52.8 Å². The Kier molecular flexibility index (Phi) is 6.84. The zero-order valence-electron chi connectivity index (χ0n) is 18.5. The number of hydrogen-bond acceptors (Lipinski definition) is 13. The average Bonchev–Trinajstić information content (AvgIpc) is 3.33. The Morgan fingerprint density at radius 2 is 1.16 bits per heavy atom. The largest absolute Gasteiger partial charge is 0.363 e. The highest BCUT2D eigenvalue weighted by atomic mass is 31.2. The van der Waals surface area contributed by atoms with Crippen LogP contribution >= 0.6 is 7.60 Å². The first-order chi connectivity index (χ1) is 17.4. The van der Waals surface area contributed by atoms with Crippen LogP contribution in [0, 0.1) is 0 Å². The molecule has 2 aliphatic rings. The molecule has 4 amide bonds. The smallest absolute Gasteiger partial charge is 0.325 e. The summed E-state index contributed by atoms with van der Waals surface area (Å²) in [6.45, 7) is 0. The lowest BCUT2D eigenvalue weighted by atomic mass is 10.1. The topological polar surface area (TPSA) is 236 Å². The van der Waals surface area contributed by atoms with Gasteiger partial charge in [0, 0.05) is 31.2 Å². The molecule has 2 aromatic rings. The number of hydrogen-bond donors (Lipinski definition) is 2. The standard InChI is InChI=1S/C19H15N6O11P/c26-13-1-2-14(27)24(13)35-18(30)10-5-9(17-22-20-12(21-23-17)8-37(32,33)34)6-11(7-10)19(31)36-25-15(28)3-4-16(25)29/h5-7H,1-4,8H2,(H2,32,33,34). The van der Waals surface area contributed by atoms with Crippen LogP contribution in [0.1, 0.15) is 52.2 Å². The Labute approximate surface area is 205 Å². The monoisotopic (exact) mass is 534 g/mol. The zero-order valence-corrected chi connectivity index (χ0v) is 19.4. The Morgan fingerprint density at radius 1 is 0.757 bits per heavy atom. The van der Waals surface area contributed by atoms with Gasteiger partial charge in [-0.25, -0.2) is 9.59 Å². The highest BCUT2D eigenvalue weighted by molar-refractivity contribution is 7.50.